The molecule has 1 aliphatic heterocycles. The monoisotopic (exact) mass is 303 g/mol. The average molecular weight is 303 g/mol. The van der Waals surface area contributed by atoms with Gasteiger partial charge >= 0.3 is 5.97 Å². The minimum atomic E-state index is -1.15. The fraction of sp³-hybridized carbons (Fsp3) is 0.375. The molecule has 6 heteroatoms. The van der Waals surface area contributed by atoms with Crippen LogP contribution in [0.5, 0.6) is 0 Å². The number of aryl methyl sites for hydroxylation is 1. The van der Waals surface area contributed by atoms with E-state index < -0.39 is 29.5 Å². The Kier molecular flexibility index (Phi) is 4.40. The summed E-state index contributed by atoms with van der Waals surface area (Å²) in [6.07, 6.45) is 0. The highest BCUT2D eigenvalue weighted by Gasteiger charge is 2.40. The van der Waals surface area contributed by atoms with E-state index in [2.05, 4.69) is 0 Å². The van der Waals surface area contributed by atoms with Crippen LogP contribution < -0.4 is 0 Å². The number of ether oxygens (including phenoxy) is 1. The van der Waals surface area contributed by atoms with Gasteiger partial charge in [0.1, 0.15) is 11.7 Å². The van der Waals surface area contributed by atoms with Crippen LogP contribution in [0.15, 0.2) is 18.2 Å². The Hall–Kier alpha value is -2.50. The SMILES string of the molecule is CCOC(=O)[C@@H](CN1C(=O)c2cccc(C)c2C1=O)C(C)=O. The van der Waals surface area contributed by atoms with Crippen molar-refractivity contribution < 1.29 is 23.9 Å². The highest BCUT2D eigenvalue weighted by Crippen LogP contribution is 2.26. The molecule has 0 N–H and O–H groups in total. The maximum absolute atomic E-state index is 12.4. The van der Waals surface area contributed by atoms with Crippen LogP contribution in [0.1, 0.15) is 40.1 Å². The number of amides is 2. The second-order valence-corrected chi connectivity index (χ2v) is 5.13. The lowest BCUT2D eigenvalue weighted by molar-refractivity contribution is -0.151. The van der Waals surface area contributed by atoms with Crippen molar-refractivity contribution in [3.63, 3.8) is 0 Å². The van der Waals surface area contributed by atoms with E-state index in [1.165, 1.54) is 6.92 Å². The molecule has 2 rings (SSSR count). The van der Waals surface area contributed by atoms with Crippen molar-refractivity contribution in [3.05, 3.63) is 34.9 Å². The van der Waals surface area contributed by atoms with Gasteiger partial charge in [-0.25, -0.2) is 0 Å². The lowest BCUT2D eigenvalue weighted by Crippen LogP contribution is -2.40. The van der Waals surface area contributed by atoms with E-state index in [-0.39, 0.29) is 13.2 Å². The van der Waals surface area contributed by atoms with Gasteiger partial charge in [-0.15, -0.1) is 0 Å². The van der Waals surface area contributed by atoms with Gasteiger partial charge in [0, 0.05) is 6.54 Å². The number of ketones is 1. The van der Waals surface area contributed by atoms with E-state index in [0.717, 1.165) is 4.90 Å². The quantitative estimate of drug-likeness (QED) is 0.466. The number of rotatable bonds is 5. The second-order valence-electron chi connectivity index (χ2n) is 5.13. The van der Waals surface area contributed by atoms with Gasteiger partial charge in [-0.3, -0.25) is 24.1 Å². The molecule has 0 fully saturated rings. The van der Waals surface area contributed by atoms with Crippen molar-refractivity contribution in [1.29, 1.82) is 0 Å². The van der Waals surface area contributed by atoms with Gasteiger partial charge in [0.25, 0.3) is 11.8 Å². The van der Waals surface area contributed by atoms with Gasteiger partial charge in [-0.1, -0.05) is 12.1 Å². The second kappa shape index (κ2) is 6.09. The van der Waals surface area contributed by atoms with Gasteiger partial charge in [0.05, 0.1) is 17.7 Å². The number of benzene rings is 1. The zero-order valence-electron chi connectivity index (χ0n) is 12.7. The van der Waals surface area contributed by atoms with E-state index in [1.54, 1.807) is 32.0 Å². The van der Waals surface area contributed by atoms with Crippen molar-refractivity contribution >= 4 is 23.6 Å². The van der Waals surface area contributed by atoms with Gasteiger partial charge in [-0.05, 0) is 32.4 Å². The zero-order valence-corrected chi connectivity index (χ0v) is 12.7. The molecule has 0 spiro atoms. The van der Waals surface area contributed by atoms with Crippen molar-refractivity contribution in [3.8, 4) is 0 Å². The molecule has 1 aromatic carbocycles. The van der Waals surface area contributed by atoms with E-state index in [4.69, 9.17) is 4.74 Å². The zero-order chi connectivity index (χ0) is 16.4. The van der Waals surface area contributed by atoms with Crippen molar-refractivity contribution in [2.75, 3.05) is 13.2 Å². The molecule has 6 nitrogen and oxygen atoms in total. The summed E-state index contributed by atoms with van der Waals surface area (Å²) in [4.78, 5) is 49.2. The first-order valence-corrected chi connectivity index (χ1v) is 7.01. The maximum atomic E-state index is 12.4. The van der Waals surface area contributed by atoms with Crippen LogP contribution in [-0.2, 0) is 14.3 Å². The summed E-state index contributed by atoms with van der Waals surface area (Å²) in [6, 6.07) is 4.99. The molecule has 1 aliphatic rings. The molecule has 0 saturated carbocycles. The summed E-state index contributed by atoms with van der Waals surface area (Å²) in [6.45, 7) is 4.44. The first-order valence-electron chi connectivity index (χ1n) is 7.01. The first kappa shape index (κ1) is 15.9. The Morgan fingerprint density at radius 3 is 2.45 bits per heavy atom. The Morgan fingerprint density at radius 2 is 1.91 bits per heavy atom. The Labute approximate surface area is 128 Å². The summed E-state index contributed by atoms with van der Waals surface area (Å²) in [7, 11) is 0. The number of hydrogen-bond donors (Lipinski definition) is 0. The molecule has 0 aromatic heterocycles. The lowest BCUT2D eigenvalue weighted by Gasteiger charge is -2.19. The van der Waals surface area contributed by atoms with Crippen LogP contribution in [0, 0.1) is 12.8 Å². The van der Waals surface area contributed by atoms with Crippen LogP contribution in [0.25, 0.3) is 0 Å². The molecule has 22 heavy (non-hydrogen) atoms. The van der Waals surface area contributed by atoms with E-state index in [0.29, 0.717) is 16.7 Å². The van der Waals surface area contributed by atoms with E-state index >= 15 is 0 Å². The summed E-state index contributed by atoms with van der Waals surface area (Å²) < 4.78 is 4.84. The van der Waals surface area contributed by atoms with Gasteiger partial charge in [-0.2, -0.15) is 0 Å². The lowest BCUT2D eigenvalue weighted by atomic mass is 10.0. The number of carbonyl (C=O) groups is 4. The van der Waals surface area contributed by atoms with Crippen molar-refractivity contribution in [2.24, 2.45) is 5.92 Å². The summed E-state index contributed by atoms with van der Waals surface area (Å²) in [5.74, 6) is -3.27. The number of nitrogens with zero attached hydrogens (tertiary/aromatic N) is 1. The Bertz CT molecular complexity index is 665. The molecule has 2 amide bonds. The van der Waals surface area contributed by atoms with E-state index in [9.17, 15) is 19.2 Å². The molecular formula is C16H17NO5. The van der Waals surface area contributed by atoms with Crippen molar-refractivity contribution in [1.82, 2.24) is 4.90 Å². The summed E-state index contributed by atoms with van der Waals surface area (Å²) in [5, 5.41) is 0. The molecule has 0 aliphatic carbocycles. The summed E-state index contributed by atoms with van der Waals surface area (Å²) in [5.41, 5.74) is 1.32. The highest BCUT2D eigenvalue weighted by molar-refractivity contribution is 6.22. The molecule has 1 atom stereocenters. The topological polar surface area (TPSA) is 80.8 Å². The summed E-state index contributed by atoms with van der Waals surface area (Å²) >= 11 is 0. The molecule has 1 aromatic rings. The number of hydrogen-bond acceptors (Lipinski definition) is 5. The molecule has 1 heterocycles. The Balaban J connectivity index is 2.29. The maximum Gasteiger partial charge on any atom is 0.318 e. The average Bonchev–Trinajstić information content (AvgIpc) is 2.69. The normalized spacial score (nSPS) is 14.8. The molecule has 0 saturated heterocycles. The van der Waals surface area contributed by atoms with E-state index in [1.807, 2.05) is 0 Å². The molecular weight excluding hydrogens is 286 g/mol. The van der Waals surface area contributed by atoms with Crippen molar-refractivity contribution in [2.45, 2.75) is 20.8 Å². The number of carbonyl (C=O) groups excluding carboxylic acids is 4. The van der Waals surface area contributed by atoms with Crippen LogP contribution in [0.4, 0.5) is 0 Å². The van der Waals surface area contributed by atoms with Crippen LogP contribution in [-0.4, -0.2) is 41.6 Å². The van der Waals surface area contributed by atoms with Crippen LogP contribution >= 0.6 is 0 Å². The standard InChI is InChI=1S/C16H17NO5/c1-4-22-16(21)12(10(3)18)8-17-14(19)11-7-5-6-9(2)13(11)15(17)20/h5-7,12H,4,8H2,1-3H3/t12-/m0/s1. The largest absolute Gasteiger partial charge is 0.465 e. The minimum absolute atomic E-state index is 0.129. The minimum Gasteiger partial charge on any atom is -0.465 e. The van der Waals surface area contributed by atoms with Gasteiger partial charge in [0.15, 0.2) is 0 Å². The first-order chi connectivity index (χ1) is 10.4. The third-order valence-corrected chi connectivity index (χ3v) is 3.63. The van der Waals surface area contributed by atoms with Gasteiger partial charge < -0.3 is 4.74 Å². The fourth-order valence-electron chi connectivity index (χ4n) is 2.46. The molecule has 0 unspecified atom stereocenters. The van der Waals surface area contributed by atoms with Crippen LogP contribution in [0.2, 0.25) is 0 Å². The smallest absolute Gasteiger partial charge is 0.318 e. The van der Waals surface area contributed by atoms with Gasteiger partial charge in [0.2, 0.25) is 0 Å². The van der Waals surface area contributed by atoms with Crippen LogP contribution in [0.3, 0.4) is 0 Å². The number of fused-ring (bicyclic) bond motifs is 1. The third-order valence-electron chi connectivity index (χ3n) is 3.63. The highest BCUT2D eigenvalue weighted by atomic mass is 16.5. The Morgan fingerprint density at radius 1 is 1.23 bits per heavy atom. The number of imide groups is 1. The molecule has 0 radical (unpaired) electrons. The molecule has 116 valence electrons. The predicted octanol–water partition coefficient (Wildman–Crippen LogP) is 1.36. The number of esters is 1. The third kappa shape index (κ3) is 2.64. The number of Topliss-reactive ketones (excluding diaryl/α,β-unsaturated/α-hetero) is 1. The predicted molar refractivity (Wildman–Crippen MR) is 77.4 cm³/mol. The fourth-order valence-corrected chi connectivity index (χ4v) is 2.46. The molecule has 0 bridgehead atoms.